The molecule has 2 rings (SSSR count). The van der Waals surface area contributed by atoms with E-state index in [4.69, 9.17) is 28.3 Å². The van der Waals surface area contributed by atoms with Gasteiger partial charge in [-0.1, -0.05) is 53.6 Å². The van der Waals surface area contributed by atoms with Gasteiger partial charge in [0.2, 0.25) is 0 Å². The van der Waals surface area contributed by atoms with E-state index in [-0.39, 0.29) is 5.75 Å². The Morgan fingerprint density at radius 1 is 0.765 bits per heavy atom. The van der Waals surface area contributed by atoms with Gasteiger partial charge < -0.3 is 5.11 Å². The number of benzene rings is 2. The summed E-state index contributed by atoms with van der Waals surface area (Å²) in [6.07, 6.45) is 3.88. The van der Waals surface area contributed by atoms with Gasteiger partial charge in [-0.2, -0.15) is 0 Å². The van der Waals surface area contributed by atoms with Crippen molar-refractivity contribution >= 4 is 35.4 Å². The second-order valence-corrected chi connectivity index (χ2v) is 4.41. The summed E-state index contributed by atoms with van der Waals surface area (Å²) in [7, 11) is 0. The number of phenolic OH excluding ortho intramolecular Hbond substituents is 1. The summed E-state index contributed by atoms with van der Waals surface area (Å²) in [4.78, 5) is 0. The smallest absolute Gasteiger partial charge is 0.115 e. The normalized spacial score (nSPS) is 10.9. The van der Waals surface area contributed by atoms with E-state index < -0.39 is 0 Å². The van der Waals surface area contributed by atoms with Crippen LogP contribution in [0.2, 0.25) is 10.0 Å². The molecule has 0 aromatic heterocycles. The lowest BCUT2D eigenvalue weighted by Crippen LogP contribution is -1.74. The summed E-state index contributed by atoms with van der Waals surface area (Å²) < 4.78 is 0. The van der Waals surface area contributed by atoms with Crippen LogP contribution in [0.4, 0.5) is 0 Å². The number of phenols is 1. The van der Waals surface area contributed by atoms with Crippen molar-refractivity contribution in [1.29, 1.82) is 0 Å². The zero-order valence-corrected chi connectivity index (χ0v) is 10.4. The fourth-order valence-corrected chi connectivity index (χ4v) is 1.70. The van der Waals surface area contributed by atoms with Gasteiger partial charge in [-0.3, -0.25) is 0 Å². The Hall–Kier alpha value is -1.44. The second kappa shape index (κ2) is 5.26. The van der Waals surface area contributed by atoms with Crippen LogP contribution in [0, 0.1) is 0 Å². The number of hydrogen-bond donors (Lipinski definition) is 1. The van der Waals surface area contributed by atoms with Crippen LogP contribution in [0.5, 0.6) is 5.75 Å². The first-order chi connectivity index (χ1) is 8.15. The molecule has 0 bridgehead atoms. The summed E-state index contributed by atoms with van der Waals surface area (Å²) in [5.41, 5.74) is 1.99. The van der Waals surface area contributed by atoms with Crippen molar-refractivity contribution in [2.45, 2.75) is 0 Å². The molecule has 0 fully saturated rings. The van der Waals surface area contributed by atoms with Crippen molar-refractivity contribution in [3.8, 4) is 5.75 Å². The van der Waals surface area contributed by atoms with Crippen LogP contribution in [-0.2, 0) is 0 Å². The SMILES string of the molecule is Oc1ccc(C=Cc2ccc(Cl)c(Cl)c2)cc1. The van der Waals surface area contributed by atoms with Gasteiger partial charge in [0.05, 0.1) is 10.0 Å². The number of hydrogen-bond acceptors (Lipinski definition) is 1. The Balaban J connectivity index is 2.20. The van der Waals surface area contributed by atoms with E-state index in [0.29, 0.717) is 10.0 Å². The minimum atomic E-state index is 0.261. The third-order valence-electron chi connectivity index (χ3n) is 2.30. The van der Waals surface area contributed by atoms with E-state index in [0.717, 1.165) is 11.1 Å². The summed E-state index contributed by atoms with van der Waals surface area (Å²) >= 11 is 11.7. The molecular weight excluding hydrogens is 255 g/mol. The van der Waals surface area contributed by atoms with Crippen LogP contribution in [-0.4, -0.2) is 5.11 Å². The lowest BCUT2D eigenvalue weighted by molar-refractivity contribution is 0.475. The highest BCUT2D eigenvalue weighted by Gasteiger charge is 1.96. The van der Waals surface area contributed by atoms with Crippen LogP contribution < -0.4 is 0 Å². The molecule has 0 saturated carbocycles. The monoisotopic (exact) mass is 264 g/mol. The van der Waals surface area contributed by atoms with Crippen LogP contribution >= 0.6 is 23.2 Å². The average molecular weight is 265 g/mol. The molecule has 0 unspecified atom stereocenters. The molecule has 0 aliphatic carbocycles. The standard InChI is InChI=1S/C14H10Cl2O/c15-13-8-5-11(9-14(13)16)2-1-10-3-6-12(17)7-4-10/h1-9,17H. The summed E-state index contributed by atoms with van der Waals surface area (Å²) in [6, 6.07) is 12.4. The molecule has 0 atom stereocenters. The van der Waals surface area contributed by atoms with Gasteiger partial charge in [-0.15, -0.1) is 0 Å². The maximum absolute atomic E-state index is 9.15. The lowest BCUT2D eigenvalue weighted by Gasteiger charge is -1.98. The molecule has 0 aliphatic rings. The van der Waals surface area contributed by atoms with Gasteiger partial charge in [0.1, 0.15) is 5.75 Å². The zero-order valence-electron chi connectivity index (χ0n) is 8.90. The first-order valence-corrected chi connectivity index (χ1v) is 5.83. The third kappa shape index (κ3) is 3.26. The van der Waals surface area contributed by atoms with Crippen molar-refractivity contribution < 1.29 is 5.11 Å². The Morgan fingerprint density at radius 3 is 2.00 bits per heavy atom. The minimum Gasteiger partial charge on any atom is -0.508 e. The van der Waals surface area contributed by atoms with Gasteiger partial charge >= 0.3 is 0 Å². The molecule has 1 nitrogen and oxygen atoms in total. The average Bonchev–Trinajstić information content (AvgIpc) is 2.33. The van der Waals surface area contributed by atoms with Crippen molar-refractivity contribution in [2.75, 3.05) is 0 Å². The zero-order chi connectivity index (χ0) is 12.3. The van der Waals surface area contributed by atoms with Gasteiger partial charge in [0.25, 0.3) is 0 Å². The molecule has 0 aliphatic heterocycles. The first-order valence-electron chi connectivity index (χ1n) is 5.07. The van der Waals surface area contributed by atoms with E-state index in [1.807, 2.05) is 30.4 Å². The summed E-state index contributed by atoms with van der Waals surface area (Å²) in [6.45, 7) is 0. The molecule has 3 heteroatoms. The second-order valence-electron chi connectivity index (χ2n) is 3.60. The third-order valence-corrected chi connectivity index (χ3v) is 3.04. The molecule has 0 spiro atoms. The van der Waals surface area contributed by atoms with Crippen molar-refractivity contribution in [1.82, 2.24) is 0 Å². The maximum Gasteiger partial charge on any atom is 0.115 e. The van der Waals surface area contributed by atoms with E-state index >= 15 is 0 Å². The fraction of sp³-hybridized carbons (Fsp3) is 0. The Bertz CT molecular complexity index is 545. The molecule has 17 heavy (non-hydrogen) atoms. The maximum atomic E-state index is 9.15. The van der Waals surface area contributed by atoms with E-state index in [1.54, 1.807) is 24.3 Å². The minimum absolute atomic E-state index is 0.261. The number of halogens is 2. The molecule has 1 N–H and O–H groups in total. The van der Waals surface area contributed by atoms with Crippen LogP contribution in [0.1, 0.15) is 11.1 Å². The molecule has 0 heterocycles. The highest BCUT2D eigenvalue weighted by Crippen LogP contribution is 2.23. The van der Waals surface area contributed by atoms with Crippen molar-refractivity contribution in [3.05, 3.63) is 63.6 Å². The molecule has 86 valence electrons. The Morgan fingerprint density at radius 2 is 1.35 bits per heavy atom. The van der Waals surface area contributed by atoms with Gasteiger partial charge in [0, 0.05) is 0 Å². The topological polar surface area (TPSA) is 20.2 Å². The van der Waals surface area contributed by atoms with E-state index in [2.05, 4.69) is 0 Å². The first kappa shape index (κ1) is 12.0. The molecule has 0 amide bonds. The van der Waals surface area contributed by atoms with E-state index in [9.17, 15) is 0 Å². The summed E-state index contributed by atoms with van der Waals surface area (Å²) in [5.74, 6) is 0.261. The van der Waals surface area contributed by atoms with Crippen molar-refractivity contribution in [3.63, 3.8) is 0 Å². The fourth-order valence-electron chi connectivity index (χ4n) is 1.39. The molecule has 2 aromatic rings. The number of aromatic hydroxyl groups is 1. The van der Waals surface area contributed by atoms with Gasteiger partial charge in [-0.05, 0) is 35.4 Å². The molecule has 2 aromatic carbocycles. The van der Waals surface area contributed by atoms with Crippen LogP contribution in [0.25, 0.3) is 12.2 Å². The largest absolute Gasteiger partial charge is 0.508 e. The predicted octanol–water partition coefficient (Wildman–Crippen LogP) is 4.87. The Labute approximate surface area is 110 Å². The molecule has 0 saturated heterocycles. The van der Waals surface area contributed by atoms with E-state index in [1.165, 1.54) is 0 Å². The van der Waals surface area contributed by atoms with Gasteiger partial charge in [-0.25, -0.2) is 0 Å². The van der Waals surface area contributed by atoms with Gasteiger partial charge in [0.15, 0.2) is 0 Å². The number of rotatable bonds is 2. The lowest BCUT2D eigenvalue weighted by atomic mass is 10.1. The Kier molecular flexibility index (Phi) is 3.72. The highest BCUT2D eigenvalue weighted by molar-refractivity contribution is 6.42. The van der Waals surface area contributed by atoms with Crippen LogP contribution in [0.3, 0.4) is 0 Å². The highest BCUT2D eigenvalue weighted by atomic mass is 35.5. The molecular formula is C14H10Cl2O. The predicted molar refractivity (Wildman–Crippen MR) is 73.5 cm³/mol. The van der Waals surface area contributed by atoms with Crippen molar-refractivity contribution in [2.24, 2.45) is 0 Å². The quantitative estimate of drug-likeness (QED) is 0.768. The molecule has 0 radical (unpaired) electrons. The van der Waals surface area contributed by atoms with Crippen LogP contribution in [0.15, 0.2) is 42.5 Å². The summed E-state index contributed by atoms with van der Waals surface area (Å²) in [5, 5.41) is 10.2.